The van der Waals surface area contributed by atoms with Crippen molar-refractivity contribution in [3.63, 3.8) is 0 Å². The standard InChI is InChI=1S/C29H21ClN2O3/c30-24-17-26-25(16-23(24)20-8-6-19(7-9-20)18-4-2-1-3-5-18)31-28(32-26)35-22-12-10-21(11-13-22)29(14-15-29)27(33)34/h1-13,16-17H,14-15H2,(H,31,32)(H,33,34). The molecule has 0 saturated heterocycles. The smallest absolute Gasteiger partial charge is 0.314 e. The highest BCUT2D eigenvalue weighted by atomic mass is 35.5. The fraction of sp³-hybridized carbons (Fsp3) is 0.103. The van der Waals surface area contributed by atoms with Gasteiger partial charge in [0.15, 0.2) is 0 Å². The zero-order chi connectivity index (χ0) is 24.0. The number of aliphatic carboxylic acids is 1. The SMILES string of the molecule is O=C(O)C1(c2ccc(Oc3nc4cc(-c5ccc(-c6ccccc6)cc5)c(Cl)cc4[nH]3)cc2)CC1. The van der Waals surface area contributed by atoms with Crippen molar-refractivity contribution in [3.8, 4) is 34.0 Å². The highest BCUT2D eigenvalue weighted by molar-refractivity contribution is 6.34. The maximum absolute atomic E-state index is 11.5. The number of nitrogens with zero attached hydrogens (tertiary/aromatic N) is 1. The Balaban J connectivity index is 1.25. The summed E-state index contributed by atoms with van der Waals surface area (Å²) in [5.74, 6) is -0.192. The minimum atomic E-state index is -0.772. The van der Waals surface area contributed by atoms with Gasteiger partial charge in [0.25, 0.3) is 6.01 Å². The molecule has 5 nitrogen and oxygen atoms in total. The minimum absolute atomic E-state index is 0.347. The summed E-state index contributed by atoms with van der Waals surface area (Å²) in [6.45, 7) is 0. The van der Waals surface area contributed by atoms with Crippen LogP contribution in [0.4, 0.5) is 0 Å². The highest BCUT2D eigenvalue weighted by Gasteiger charge is 2.51. The number of ether oxygens (including phenoxy) is 1. The summed E-state index contributed by atoms with van der Waals surface area (Å²) < 4.78 is 5.90. The number of aromatic nitrogens is 2. The quantitative estimate of drug-likeness (QED) is 0.264. The Morgan fingerprint density at radius 1 is 0.886 bits per heavy atom. The summed E-state index contributed by atoms with van der Waals surface area (Å²) in [5.41, 5.74) is 5.79. The van der Waals surface area contributed by atoms with Gasteiger partial charge in [0.2, 0.25) is 0 Å². The minimum Gasteiger partial charge on any atom is -0.481 e. The third-order valence-corrected chi connectivity index (χ3v) is 6.95. The van der Waals surface area contributed by atoms with E-state index >= 15 is 0 Å². The fourth-order valence-electron chi connectivity index (χ4n) is 4.45. The van der Waals surface area contributed by atoms with Crippen molar-refractivity contribution >= 4 is 28.6 Å². The van der Waals surface area contributed by atoms with E-state index in [9.17, 15) is 9.90 Å². The number of hydrogen-bond donors (Lipinski definition) is 2. The first kappa shape index (κ1) is 21.4. The van der Waals surface area contributed by atoms with E-state index in [1.807, 2.05) is 42.5 Å². The molecule has 1 aliphatic carbocycles. The summed E-state index contributed by atoms with van der Waals surface area (Å²) in [6, 6.07) is 29.9. The second-order valence-electron chi connectivity index (χ2n) is 8.85. The molecule has 1 heterocycles. The van der Waals surface area contributed by atoms with Gasteiger partial charge < -0.3 is 14.8 Å². The summed E-state index contributed by atoms with van der Waals surface area (Å²) in [7, 11) is 0. The number of nitrogens with one attached hydrogen (secondary N) is 1. The van der Waals surface area contributed by atoms with E-state index in [-0.39, 0.29) is 0 Å². The van der Waals surface area contributed by atoms with Gasteiger partial charge in [-0.3, -0.25) is 4.79 Å². The Hall–Kier alpha value is -4.09. The lowest BCUT2D eigenvalue weighted by Crippen LogP contribution is -2.19. The first-order valence-electron chi connectivity index (χ1n) is 11.4. The summed E-state index contributed by atoms with van der Waals surface area (Å²) in [5, 5.41) is 10.1. The predicted molar refractivity (Wildman–Crippen MR) is 137 cm³/mol. The highest BCUT2D eigenvalue weighted by Crippen LogP contribution is 2.48. The van der Waals surface area contributed by atoms with Crippen LogP contribution < -0.4 is 4.74 Å². The molecule has 4 aromatic carbocycles. The van der Waals surface area contributed by atoms with Gasteiger partial charge in [-0.2, -0.15) is 4.98 Å². The lowest BCUT2D eigenvalue weighted by molar-refractivity contribution is -0.140. The number of aromatic amines is 1. The third kappa shape index (κ3) is 3.94. The Bertz CT molecular complexity index is 1540. The molecule has 6 heteroatoms. The first-order chi connectivity index (χ1) is 17.0. The van der Waals surface area contributed by atoms with E-state index in [1.54, 1.807) is 12.1 Å². The second kappa shape index (κ2) is 8.29. The molecule has 2 N–H and O–H groups in total. The van der Waals surface area contributed by atoms with E-state index in [4.69, 9.17) is 16.3 Å². The second-order valence-corrected chi connectivity index (χ2v) is 9.26. The molecular weight excluding hydrogens is 460 g/mol. The van der Waals surface area contributed by atoms with Crippen molar-refractivity contribution in [2.45, 2.75) is 18.3 Å². The molecule has 1 aromatic heterocycles. The number of fused-ring (bicyclic) bond motifs is 1. The van der Waals surface area contributed by atoms with Crippen LogP contribution in [0.3, 0.4) is 0 Å². The van der Waals surface area contributed by atoms with Gasteiger partial charge in [-0.15, -0.1) is 0 Å². The van der Waals surface area contributed by atoms with Gasteiger partial charge in [-0.1, -0.05) is 78.3 Å². The maximum Gasteiger partial charge on any atom is 0.314 e. The van der Waals surface area contributed by atoms with Crippen LogP contribution in [0.5, 0.6) is 11.8 Å². The number of hydrogen-bond acceptors (Lipinski definition) is 3. The van der Waals surface area contributed by atoms with Crippen molar-refractivity contribution in [1.29, 1.82) is 0 Å². The number of rotatable bonds is 6. The Kier molecular flexibility index (Phi) is 5.08. The predicted octanol–water partition coefficient (Wildman–Crippen LogP) is 7.46. The molecule has 1 aliphatic rings. The van der Waals surface area contributed by atoms with Gasteiger partial charge in [-0.05, 0) is 59.4 Å². The number of carboxylic acids is 1. The zero-order valence-corrected chi connectivity index (χ0v) is 19.4. The van der Waals surface area contributed by atoms with Crippen LogP contribution in [0.15, 0.2) is 91.0 Å². The molecule has 0 bridgehead atoms. The number of H-pyrrole nitrogens is 1. The number of imidazole rings is 1. The lowest BCUT2D eigenvalue weighted by Gasteiger charge is -2.10. The van der Waals surface area contributed by atoms with Crippen LogP contribution in [0, 0.1) is 0 Å². The number of carbonyl (C=O) groups is 1. The van der Waals surface area contributed by atoms with Gasteiger partial charge in [0.1, 0.15) is 5.75 Å². The molecule has 5 aromatic rings. The van der Waals surface area contributed by atoms with Gasteiger partial charge in [0.05, 0.1) is 21.5 Å². The van der Waals surface area contributed by atoms with Crippen molar-refractivity contribution < 1.29 is 14.6 Å². The molecule has 0 amide bonds. The van der Waals surface area contributed by atoms with Crippen LogP contribution in [0.1, 0.15) is 18.4 Å². The van der Waals surface area contributed by atoms with Gasteiger partial charge in [0, 0.05) is 5.56 Å². The molecular formula is C29H21ClN2O3. The summed E-state index contributed by atoms with van der Waals surface area (Å²) >= 11 is 6.62. The molecule has 6 rings (SSSR count). The first-order valence-corrected chi connectivity index (χ1v) is 11.8. The monoisotopic (exact) mass is 480 g/mol. The van der Waals surface area contributed by atoms with Crippen LogP contribution in [0.25, 0.3) is 33.3 Å². The van der Waals surface area contributed by atoms with Crippen LogP contribution >= 0.6 is 11.6 Å². The van der Waals surface area contributed by atoms with Crippen molar-refractivity contribution in [3.05, 3.63) is 102 Å². The summed E-state index contributed by atoms with van der Waals surface area (Å²) in [6.07, 6.45) is 1.34. The molecule has 35 heavy (non-hydrogen) atoms. The normalized spacial score (nSPS) is 14.1. The summed E-state index contributed by atoms with van der Waals surface area (Å²) in [4.78, 5) is 19.3. The molecule has 1 fully saturated rings. The molecule has 0 spiro atoms. The number of carboxylic acid groups (broad SMARTS) is 1. The largest absolute Gasteiger partial charge is 0.481 e. The molecule has 0 atom stereocenters. The van der Waals surface area contributed by atoms with E-state index in [0.717, 1.165) is 38.9 Å². The van der Waals surface area contributed by atoms with Crippen molar-refractivity contribution in [2.24, 2.45) is 0 Å². The Morgan fingerprint density at radius 2 is 1.54 bits per heavy atom. The van der Waals surface area contributed by atoms with Gasteiger partial charge >= 0.3 is 5.97 Å². The molecule has 0 unspecified atom stereocenters. The lowest BCUT2D eigenvalue weighted by atomic mass is 9.96. The van der Waals surface area contributed by atoms with E-state index in [1.165, 1.54) is 0 Å². The fourth-order valence-corrected chi connectivity index (χ4v) is 4.73. The van der Waals surface area contributed by atoms with E-state index < -0.39 is 11.4 Å². The molecule has 1 saturated carbocycles. The number of benzene rings is 4. The number of halogens is 1. The van der Waals surface area contributed by atoms with Crippen LogP contribution in [-0.2, 0) is 10.2 Å². The maximum atomic E-state index is 11.5. The van der Waals surface area contributed by atoms with Crippen LogP contribution in [-0.4, -0.2) is 21.0 Å². The van der Waals surface area contributed by atoms with E-state index in [0.29, 0.717) is 29.6 Å². The van der Waals surface area contributed by atoms with Crippen molar-refractivity contribution in [2.75, 3.05) is 0 Å². The topological polar surface area (TPSA) is 75.2 Å². The van der Waals surface area contributed by atoms with Crippen molar-refractivity contribution in [1.82, 2.24) is 9.97 Å². The van der Waals surface area contributed by atoms with Gasteiger partial charge in [-0.25, -0.2) is 0 Å². The molecule has 172 valence electrons. The zero-order valence-electron chi connectivity index (χ0n) is 18.7. The molecule has 0 aliphatic heterocycles. The van der Waals surface area contributed by atoms with E-state index in [2.05, 4.69) is 46.4 Å². The van der Waals surface area contributed by atoms with Crippen LogP contribution in [0.2, 0.25) is 5.02 Å². The Labute approximate surface area is 207 Å². The molecule has 0 radical (unpaired) electrons. The average Bonchev–Trinajstić information content (AvgIpc) is 3.61. The third-order valence-electron chi connectivity index (χ3n) is 6.63. The Morgan fingerprint density at radius 3 is 2.20 bits per heavy atom. The average molecular weight is 481 g/mol.